The van der Waals surface area contributed by atoms with Gasteiger partial charge in [-0.3, -0.25) is 9.53 Å². The van der Waals surface area contributed by atoms with Crippen LogP contribution in [0.1, 0.15) is 42.6 Å². The molecule has 14 heteroatoms. The number of nitrogen functional groups attached to an aromatic ring is 1. The second kappa shape index (κ2) is 9.60. The molecule has 2 atom stereocenters. The fraction of sp³-hybridized carbons (Fsp3) is 0.346. The van der Waals surface area contributed by atoms with Gasteiger partial charge in [-0.2, -0.15) is 5.10 Å². The lowest BCUT2D eigenvalue weighted by Crippen LogP contribution is -2.38. The van der Waals surface area contributed by atoms with E-state index in [0.29, 0.717) is 22.5 Å². The van der Waals surface area contributed by atoms with Crippen LogP contribution in [0.5, 0.6) is 0 Å². The van der Waals surface area contributed by atoms with Crippen LogP contribution in [-0.2, 0) is 9.53 Å². The number of fused-ring (bicyclic) bond motifs is 2. The molecule has 4 heterocycles. The van der Waals surface area contributed by atoms with E-state index in [2.05, 4.69) is 43.2 Å². The van der Waals surface area contributed by atoms with Gasteiger partial charge in [-0.25, -0.2) is 24.0 Å². The van der Waals surface area contributed by atoms with Gasteiger partial charge in [0.05, 0.1) is 47.0 Å². The minimum Gasteiger partial charge on any atom is -0.383 e. The van der Waals surface area contributed by atoms with Crippen LogP contribution in [0.2, 0.25) is 0 Å². The molecular formula is C26H22F4N8O2. The van der Waals surface area contributed by atoms with Crippen molar-refractivity contribution < 1.29 is 27.1 Å². The molecule has 1 aromatic carbocycles. The summed E-state index contributed by atoms with van der Waals surface area (Å²) in [6.07, 6.45) is 1.26. The average molecular weight is 555 g/mol. The number of aromatic nitrogens is 6. The second-order valence-corrected chi connectivity index (χ2v) is 9.70. The number of amides is 1. The third kappa shape index (κ3) is 4.73. The molecule has 10 nitrogen and oxygen atoms in total. The van der Waals surface area contributed by atoms with Gasteiger partial charge in [0.2, 0.25) is 5.91 Å². The third-order valence-electron chi connectivity index (χ3n) is 7.07. The molecule has 0 unspecified atom stereocenters. The Hall–Kier alpha value is -4.51. The van der Waals surface area contributed by atoms with Crippen molar-refractivity contribution in [2.45, 2.75) is 43.8 Å². The Morgan fingerprint density at radius 3 is 2.73 bits per heavy atom. The summed E-state index contributed by atoms with van der Waals surface area (Å²) in [6.45, 7) is 2.71. The molecule has 1 aliphatic heterocycles. The SMILES string of the molecule is C=CC(=O)N1C[C@@H](n2nc(C#Cc3cc4ncn(C5CC5)c4cc3F)c3c(N)ncnc32)C[C@@H]1COC(F)(F)F. The summed E-state index contributed by atoms with van der Waals surface area (Å²) in [5.41, 5.74) is 7.98. The highest BCUT2D eigenvalue weighted by Gasteiger charge is 2.40. The van der Waals surface area contributed by atoms with Crippen LogP contribution >= 0.6 is 0 Å². The summed E-state index contributed by atoms with van der Waals surface area (Å²) in [5, 5.41) is 4.84. The number of nitrogens with two attached hydrogens (primary N) is 1. The van der Waals surface area contributed by atoms with Crippen LogP contribution < -0.4 is 5.73 Å². The monoisotopic (exact) mass is 554 g/mol. The van der Waals surface area contributed by atoms with Crippen LogP contribution in [0, 0.1) is 17.7 Å². The molecule has 0 radical (unpaired) electrons. The lowest BCUT2D eigenvalue weighted by Gasteiger charge is -2.23. The Bertz CT molecular complexity index is 1710. The third-order valence-corrected chi connectivity index (χ3v) is 7.07. The molecule has 3 aromatic heterocycles. The van der Waals surface area contributed by atoms with Crippen LogP contribution in [0.15, 0.2) is 37.4 Å². The molecule has 0 spiro atoms. The summed E-state index contributed by atoms with van der Waals surface area (Å²) >= 11 is 0. The van der Waals surface area contributed by atoms with Crippen molar-refractivity contribution in [1.82, 2.24) is 34.2 Å². The molecular weight excluding hydrogens is 532 g/mol. The number of hydrogen-bond acceptors (Lipinski definition) is 7. The molecule has 1 amide bonds. The number of imidazole rings is 1. The molecule has 1 aliphatic carbocycles. The number of alkyl halides is 3. The Kier molecular flexibility index (Phi) is 6.18. The van der Waals surface area contributed by atoms with Gasteiger partial charge >= 0.3 is 6.36 Å². The average Bonchev–Trinajstić information content (AvgIpc) is 3.36. The lowest BCUT2D eigenvalue weighted by molar-refractivity contribution is -0.327. The predicted molar refractivity (Wildman–Crippen MR) is 135 cm³/mol. The number of ether oxygens (including phenoxy) is 1. The van der Waals surface area contributed by atoms with Gasteiger partial charge in [-0.15, -0.1) is 13.2 Å². The fourth-order valence-electron chi connectivity index (χ4n) is 5.06. The standard InChI is InChI=1S/C26H22F4N8O2/c1-2-22(39)36-10-16(8-17(36)11-40-26(28,29)30)38-25-23(24(31)32-12-33-25)19(35-38)6-3-14-7-20-21(9-18(14)27)37(13-34-20)15-4-5-15/h2,7,9,12-13,15-17H,1,4-5,8,10-11H2,(H2,31,32,33)/t16-,17+/m0/s1. The number of nitrogens with zero attached hydrogens (tertiary/aromatic N) is 7. The highest BCUT2D eigenvalue weighted by Crippen LogP contribution is 2.37. The number of halogens is 4. The minimum absolute atomic E-state index is 0.0270. The highest BCUT2D eigenvalue weighted by atomic mass is 19.4. The maximum absolute atomic E-state index is 15.0. The Balaban J connectivity index is 1.35. The summed E-state index contributed by atoms with van der Waals surface area (Å²) in [4.78, 5) is 26.3. The number of benzene rings is 1. The highest BCUT2D eigenvalue weighted by molar-refractivity contribution is 5.91. The van der Waals surface area contributed by atoms with Crippen molar-refractivity contribution in [3.63, 3.8) is 0 Å². The zero-order valence-electron chi connectivity index (χ0n) is 20.9. The number of likely N-dealkylation sites (tertiary alicyclic amines) is 1. The zero-order chi connectivity index (χ0) is 28.2. The first-order valence-corrected chi connectivity index (χ1v) is 12.4. The number of carbonyl (C=O) groups excluding carboxylic acids is 1. The Labute approximate surface area is 224 Å². The topological polar surface area (TPSA) is 117 Å². The van der Waals surface area contributed by atoms with Gasteiger partial charge in [-0.05, 0) is 37.3 Å². The van der Waals surface area contributed by atoms with E-state index in [1.807, 2.05) is 4.57 Å². The first-order valence-electron chi connectivity index (χ1n) is 12.4. The lowest BCUT2D eigenvalue weighted by atomic mass is 10.1. The maximum Gasteiger partial charge on any atom is 0.522 e. The van der Waals surface area contributed by atoms with E-state index in [1.165, 1.54) is 22.0 Å². The molecule has 4 aromatic rings. The number of anilines is 1. The molecule has 1 saturated carbocycles. The van der Waals surface area contributed by atoms with Crippen molar-refractivity contribution in [2.75, 3.05) is 18.9 Å². The van der Waals surface area contributed by atoms with E-state index in [1.54, 1.807) is 12.4 Å². The number of hydrogen-bond donors (Lipinski definition) is 1. The normalized spacial score (nSPS) is 19.2. The van der Waals surface area contributed by atoms with E-state index >= 15 is 4.39 Å². The smallest absolute Gasteiger partial charge is 0.383 e. The summed E-state index contributed by atoms with van der Waals surface area (Å²) in [6, 6.07) is 1.86. The first kappa shape index (κ1) is 25.8. The molecule has 1 saturated heterocycles. The van der Waals surface area contributed by atoms with Gasteiger partial charge in [0.15, 0.2) is 5.65 Å². The van der Waals surface area contributed by atoms with Gasteiger partial charge < -0.3 is 15.2 Å². The minimum atomic E-state index is -4.85. The quantitative estimate of drug-likeness (QED) is 0.228. The first-order chi connectivity index (χ1) is 19.1. The summed E-state index contributed by atoms with van der Waals surface area (Å²) < 4.78 is 60.6. The van der Waals surface area contributed by atoms with Gasteiger partial charge in [0.1, 0.15) is 23.7 Å². The van der Waals surface area contributed by atoms with Gasteiger partial charge in [0.25, 0.3) is 0 Å². The van der Waals surface area contributed by atoms with E-state index in [4.69, 9.17) is 5.73 Å². The van der Waals surface area contributed by atoms with Gasteiger partial charge in [-0.1, -0.05) is 12.5 Å². The van der Waals surface area contributed by atoms with E-state index in [-0.39, 0.29) is 35.7 Å². The second-order valence-electron chi connectivity index (χ2n) is 9.70. The summed E-state index contributed by atoms with van der Waals surface area (Å²) in [7, 11) is 0. The zero-order valence-corrected chi connectivity index (χ0v) is 20.9. The van der Waals surface area contributed by atoms with Crippen LogP contribution in [-0.4, -0.2) is 65.7 Å². The van der Waals surface area contributed by atoms with Crippen LogP contribution in [0.25, 0.3) is 22.1 Å². The summed E-state index contributed by atoms with van der Waals surface area (Å²) in [5.74, 6) is 4.67. The van der Waals surface area contributed by atoms with Crippen molar-refractivity contribution in [3.05, 3.63) is 54.5 Å². The molecule has 40 heavy (non-hydrogen) atoms. The van der Waals surface area contributed by atoms with E-state index in [9.17, 15) is 18.0 Å². The largest absolute Gasteiger partial charge is 0.522 e. The van der Waals surface area contributed by atoms with Crippen molar-refractivity contribution >= 4 is 33.8 Å². The Morgan fingerprint density at radius 2 is 2.00 bits per heavy atom. The molecule has 0 bridgehead atoms. The molecule has 2 N–H and O–H groups in total. The van der Waals surface area contributed by atoms with Gasteiger partial charge in [0, 0.05) is 18.7 Å². The van der Waals surface area contributed by atoms with Crippen molar-refractivity contribution in [3.8, 4) is 11.8 Å². The molecule has 206 valence electrons. The number of carbonyl (C=O) groups is 1. The fourth-order valence-corrected chi connectivity index (χ4v) is 5.06. The molecule has 6 rings (SSSR count). The predicted octanol–water partition coefficient (Wildman–Crippen LogP) is 3.50. The van der Waals surface area contributed by atoms with Crippen molar-refractivity contribution in [1.29, 1.82) is 0 Å². The van der Waals surface area contributed by atoms with E-state index in [0.717, 1.165) is 18.9 Å². The van der Waals surface area contributed by atoms with Crippen LogP contribution in [0.4, 0.5) is 23.4 Å². The Morgan fingerprint density at radius 1 is 1.20 bits per heavy atom. The number of rotatable bonds is 5. The van der Waals surface area contributed by atoms with Crippen LogP contribution in [0.3, 0.4) is 0 Å². The van der Waals surface area contributed by atoms with E-state index < -0.39 is 36.8 Å². The molecule has 2 aliphatic rings. The van der Waals surface area contributed by atoms with Crippen molar-refractivity contribution in [2.24, 2.45) is 0 Å². The molecule has 2 fully saturated rings. The maximum atomic E-state index is 15.0.